The molecule has 3 N–H and O–H groups in total. The average Bonchev–Trinajstić information content (AvgIpc) is 1.99. The van der Waals surface area contributed by atoms with Crippen LogP contribution in [0.4, 0.5) is 0 Å². The number of carboxylic acid groups (broad SMARTS) is 1. The van der Waals surface area contributed by atoms with Crippen molar-refractivity contribution < 1.29 is 20.1 Å². The highest BCUT2D eigenvalue weighted by Crippen LogP contribution is 2.04. The molecule has 1 atom stereocenters. The standard InChI is InChI=1S/C7H12O4/c1-5(7(10)11)2-3-6(9)4-8/h6,8-9H,1-4H2,(H,10,11). The van der Waals surface area contributed by atoms with Gasteiger partial charge in [0, 0.05) is 5.57 Å². The van der Waals surface area contributed by atoms with Crippen LogP contribution in [0.15, 0.2) is 12.2 Å². The second kappa shape index (κ2) is 4.87. The van der Waals surface area contributed by atoms with Gasteiger partial charge in [-0.25, -0.2) is 4.79 Å². The first-order valence-electron chi connectivity index (χ1n) is 3.28. The number of aliphatic hydroxyl groups excluding tert-OH is 2. The number of aliphatic carboxylic acids is 1. The number of carbonyl (C=O) groups is 1. The average molecular weight is 160 g/mol. The van der Waals surface area contributed by atoms with Crippen LogP contribution in [0, 0.1) is 0 Å². The van der Waals surface area contributed by atoms with Gasteiger partial charge in [0.25, 0.3) is 0 Å². The summed E-state index contributed by atoms with van der Waals surface area (Å²) in [5, 5.41) is 25.5. The van der Waals surface area contributed by atoms with Crippen molar-refractivity contribution in [3.8, 4) is 0 Å². The van der Waals surface area contributed by atoms with Crippen LogP contribution in [0.25, 0.3) is 0 Å². The van der Waals surface area contributed by atoms with Gasteiger partial charge in [0.05, 0.1) is 12.7 Å². The molecule has 0 heterocycles. The molecule has 0 rings (SSSR count). The molecule has 0 aliphatic carbocycles. The Labute approximate surface area is 64.8 Å². The van der Waals surface area contributed by atoms with Crippen molar-refractivity contribution in [1.82, 2.24) is 0 Å². The molecule has 0 saturated heterocycles. The third-order valence-corrected chi connectivity index (χ3v) is 1.29. The Hall–Kier alpha value is -0.870. The van der Waals surface area contributed by atoms with Crippen LogP contribution < -0.4 is 0 Å². The van der Waals surface area contributed by atoms with Gasteiger partial charge in [-0.3, -0.25) is 0 Å². The van der Waals surface area contributed by atoms with Crippen LogP contribution in [-0.4, -0.2) is 34.0 Å². The van der Waals surface area contributed by atoms with Crippen LogP contribution >= 0.6 is 0 Å². The molecule has 4 nitrogen and oxygen atoms in total. The first-order valence-corrected chi connectivity index (χ1v) is 3.28. The van der Waals surface area contributed by atoms with E-state index in [2.05, 4.69) is 6.58 Å². The van der Waals surface area contributed by atoms with Gasteiger partial charge in [0.2, 0.25) is 0 Å². The van der Waals surface area contributed by atoms with Gasteiger partial charge >= 0.3 is 5.97 Å². The number of carboxylic acids is 1. The SMILES string of the molecule is C=C(CCC(O)CO)C(=O)O. The molecule has 0 aliphatic heterocycles. The second-order valence-corrected chi connectivity index (χ2v) is 2.28. The van der Waals surface area contributed by atoms with Crippen LogP contribution in [0.1, 0.15) is 12.8 Å². The minimum atomic E-state index is -1.06. The first kappa shape index (κ1) is 10.1. The van der Waals surface area contributed by atoms with Gasteiger partial charge in [-0.2, -0.15) is 0 Å². The molecule has 11 heavy (non-hydrogen) atoms. The number of aliphatic hydroxyl groups is 2. The fourth-order valence-electron chi connectivity index (χ4n) is 0.539. The van der Waals surface area contributed by atoms with E-state index in [0.717, 1.165) is 0 Å². The number of hydrogen-bond acceptors (Lipinski definition) is 3. The summed E-state index contributed by atoms with van der Waals surface area (Å²) in [6.45, 7) is 2.93. The van der Waals surface area contributed by atoms with E-state index in [1.165, 1.54) is 0 Å². The van der Waals surface area contributed by atoms with Crippen molar-refractivity contribution in [2.45, 2.75) is 18.9 Å². The monoisotopic (exact) mass is 160 g/mol. The highest BCUT2D eigenvalue weighted by molar-refractivity contribution is 5.85. The van der Waals surface area contributed by atoms with E-state index < -0.39 is 12.1 Å². The second-order valence-electron chi connectivity index (χ2n) is 2.28. The summed E-state index contributed by atoms with van der Waals surface area (Å²) in [6.07, 6.45) is -0.398. The highest BCUT2D eigenvalue weighted by atomic mass is 16.4. The van der Waals surface area contributed by atoms with Gasteiger partial charge < -0.3 is 15.3 Å². The molecule has 0 aromatic heterocycles. The summed E-state index contributed by atoms with van der Waals surface area (Å²) < 4.78 is 0. The van der Waals surface area contributed by atoms with Crippen molar-refractivity contribution in [1.29, 1.82) is 0 Å². The maximum atomic E-state index is 10.2. The molecular formula is C7H12O4. The Morgan fingerprint density at radius 2 is 2.09 bits per heavy atom. The summed E-state index contributed by atoms with van der Waals surface area (Å²) in [5.74, 6) is -1.06. The topological polar surface area (TPSA) is 77.8 Å². The van der Waals surface area contributed by atoms with Crippen molar-refractivity contribution in [3.05, 3.63) is 12.2 Å². The molecule has 4 heteroatoms. The summed E-state index contributed by atoms with van der Waals surface area (Å²) in [7, 11) is 0. The van der Waals surface area contributed by atoms with Gasteiger partial charge in [0.1, 0.15) is 0 Å². The maximum Gasteiger partial charge on any atom is 0.330 e. The van der Waals surface area contributed by atoms with Crippen molar-refractivity contribution in [2.24, 2.45) is 0 Å². The lowest BCUT2D eigenvalue weighted by molar-refractivity contribution is -0.132. The summed E-state index contributed by atoms with van der Waals surface area (Å²) in [5.41, 5.74) is 0.0532. The smallest absolute Gasteiger partial charge is 0.330 e. The van der Waals surface area contributed by atoms with Crippen LogP contribution in [0.2, 0.25) is 0 Å². The lowest BCUT2D eigenvalue weighted by Crippen LogP contribution is -2.12. The Morgan fingerprint density at radius 1 is 1.55 bits per heavy atom. The third-order valence-electron chi connectivity index (χ3n) is 1.29. The minimum absolute atomic E-state index is 0.0532. The molecule has 0 fully saturated rings. The summed E-state index contributed by atoms with van der Waals surface area (Å²) in [6, 6.07) is 0. The van der Waals surface area contributed by atoms with Crippen molar-refractivity contribution in [3.63, 3.8) is 0 Å². The van der Waals surface area contributed by atoms with E-state index in [-0.39, 0.29) is 25.0 Å². The fraction of sp³-hybridized carbons (Fsp3) is 0.571. The van der Waals surface area contributed by atoms with Crippen LogP contribution in [0.3, 0.4) is 0 Å². The van der Waals surface area contributed by atoms with Gasteiger partial charge in [-0.05, 0) is 12.8 Å². The first-order chi connectivity index (χ1) is 5.07. The van der Waals surface area contributed by atoms with Gasteiger partial charge in [0.15, 0.2) is 0 Å². The molecular weight excluding hydrogens is 148 g/mol. The van der Waals surface area contributed by atoms with E-state index in [1.807, 2.05) is 0 Å². The zero-order valence-corrected chi connectivity index (χ0v) is 6.16. The minimum Gasteiger partial charge on any atom is -0.478 e. The van der Waals surface area contributed by atoms with Crippen molar-refractivity contribution >= 4 is 5.97 Å². The third kappa shape index (κ3) is 4.52. The van der Waals surface area contributed by atoms with Crippen LogP contribution in [0.5, 0.6) is 0 Å². The quantitative estimate of drug-likeness (QED) is 0.485. The molecule has 0 spiro atoms. The number of hydrogen-bond donors (Lipinski definition) is 3. The maximum absolute atomic E-state index is 10.2. The highest BCUT2D eigenvalue weighted by Gasteiger charge is 2.07. The van der Waals surface area contributed by atoms with Crippen molar-refractivity contribution in [2.75, 3.05) is 6.61 Å². The van der Waals surface area contributed by atoms with E-state index in [4.69, 9.17) is 15.3 Å². The predicted octanol–water partition coefficient (Wildman–Crippen LogP) is -0.239. The molecule has 64 valence electrons. The summed E-state index contributed by atoms with van der Waals surface area (Å²) >= 11 is 0. The van der Waals surface area contributed by atoms with E-state index in [9.17, 15) is 4.79 Å². The molecule has 0 aromatic rings. The summed E-state index contributed by atoms with van der Waals surface area (Å²) in [4.78, 5) is 10.2. The molecule has 0 aliphatic rings. The lowest BCUT2D eigenvalue weighted by atomic mass is 10.1. The Bertz CT molecular complexity index is 153. The van der Waals surface area contributed by atoms with E-state index >= 15 is 0 Å². The molecule has 0 radical (unpaired) electrons. The normalized spacial score (nSPS) is 12.5. The van der Waals surface area contributed by atoms with Gasteiger partial charge in [-0.1, -0.05) is 6.58 Å². The molecule has 1 unspecified atom stereocenters. The van der Waals surface area contributed by atoms with E-state index in [1.54, 1.807) is 0 Å². The number of rotatable bonds is 5. The Kier molecular flexibility index (Phi) is 4.49. The molecule has 0 saturated carbocycles. The van der Waals surface area contributed by atoms with Gasteiger partial charge in [-0.15, -0.1) is 0 Å². The predicted molar refractivity (Wildman–Crippen MR) is 39.1 cm³/mol. The molecule has 0 aromatic carbocycles. The Morgan fingerprint density at radius 3 is 2.45 bits per heavy atom. The molecule has 0 bridgehead atoms. The Balaban J connectivity index is 3.54. The zero-order valence-electron chi connectivity index (χ0n) is 6.16. The zero-order chi connectivity index (χ0) is 8.85. The van der Waals surface area contributed by atoms with Crippen LogP contribution in [-0.2, 0) is 4.79 Å². The van der Waals surface area contributed by atoms with E-state index in [0.29, 0.717) is 0 Å². The fourth-order valence-corrected chi connectivity index (χ4v) is 0.539. The largest absolute Gasteiger partial charge is 0.478 e. The molecule has 0 amide bonds. The lowest BCUT2D eigenvalue weighted by Gasteiger charge is -2.05.